The maximum Gasteiger partial charge on any atom is 0.0490 e. The van der Waals surface area contributed by atoms with Crippen LogP contribution in [0.25, 0.3) is 0 Å². The molecule has 0 amide bonds. The van der Waals surface area contributed by atoms with Gasteiger partial charge in [0.2, 0.25) is 0 Å². The molecule has 0 spiro atoms. The van der Waals surface area contributed by atoms with Crippen LogP contribution in [0.1, 0.15) is 33.1 Å². The van der Waals surface area contributed by atoms with Crippen molar-refractivity contribution in [3.63, 3.8) is 0 Å². The van der Waals surface area contributed by atoms with E-state index in [0.29, 0.717) is 11.8 Å². The van der Waals surface area contributed by atoms with Crippen LogP contribution in [0, 0.1) is 17.3 Å². The fourth-order valence-electron chi connectivity index (χ4n) is 2.32. The number of aliphatic hydroxyl groups excluding tert-OH is 2. The van der Waals surface area contributed by atoms with E-state index in [-0.39, 0.29) is 18.6 Å². The van der Waals surface area contributed by atoms with Crippen LogP contribution in [-0.4, -0.2) is 23.4 Å². The Labute approximate surface area is 74.6 Å². The van der Waals surface area contributed by atoms with Gasteiger partial charge in [0, 0.05) is 13.2 Å². The zero-order valence-corrected chi connectivity index (χ0v) is 8.08. The van der Waals surface area contributed by atoms with E-state index in [4.69, 9.17) is 5.11 Å². The topological polar surface area (TPSA) is 40.5 Å². The predicted molar refractivity (Wildman–Crippen MR) is 48.8 cm³/mol. The fraction of sp³-hybridized carbons (Fsp3) is 1.00. The van der Waals surface area contributed by atoms with E-state index in [1.807, 2.05) is 0 Å². The molecule has 12 heavy (non-hydrogen) atoms. The first kappa shape index (κ1) is 10.0. The van der Waals surface area contributed by atoms with Gasteiger partial charge in [-0.2, -0.15) is 0 Å². The van der Waals surface area contributed by atoms with Crippen molar-refractivity contribution in [1.82, 2.24) is 0 Å². The molecule has 2 heteroatoms. The van der Waals surface area contributed by atoms with Gasteiger partial charge in [-0.05, 0) is 23.7 Å². The molecule has 0 heterocycles. The average molecular weight is 172 g/mol. The van der Waals surface area contributed by atoms with Crippen LogP contribution in [0.2, 0.25) is 0 Å². The second-order valence-corrected chi connectivity index (χ2v) is 4.38. The van der Waals surface area contributed by atoms with E-state index in [2.05, 4.69) is 13.8 Å². The van der Waals surface area contributed by atoms with Gasteiger partial charge in [0.05, 0.1) is 0 Å². The lowest BCUT2D eigenvalue weighted by atomic mass is 9.62. The summed E-state index contributed by atoms with van der Waals surface area (Å²) in [6.07, 6.45) is 3.45. The summed E-state index contributed by atoms with van der Waals surface area (Å²) in [5.74, 6) is 0.833. The molecule has 1 rings (SSSR count). The zero-order valence-electron chi connectivity index (χ0n) is 8.08. The van der Waals surface area contributed by atoms with Crippen molar-refractivity contribution in [1.29, 1.82) is 0 Å². The van der Waals surface area contributed by atoms with E-state index >= 15 is 0 Å². The minimum absolute atomic E-state index is 0.0486. The summed E-state index contributed by atoms with van der Waals surface area (Å²) in [6, 6.07) is 0. The van der Waals surface area contributed by atoms with Crippen LogP contribution in [0.4, 0.5) is 0 Å². The third kappa shape index (κ3) is 1.50. The van der Waals surface area contributed by atoms with Crippen LogP contribution in [0.15, 0.2) is 0 Å². The molecule has 0 bridgehead atoms. The van der Waals surface area contributed by atoms with Crippen molar-refractivity contribution in [3.05, 3.63) is 0 Å². The van der Waals surface area contributed by atoms with Gasteiger partial charge >= 0.3 is 0 Å². The molecule has 3 atom stereocenters. The van der Waals surface area contributed by atoms with Crippen molar-refractivity contribution in [3.8, 4) is 0 Å². The Morgan fingerprint density at radius 1 is 1.33 bits per heavy atom. The molecule has 0 aromatic carbocycles. The summed E-state index contributed by atoms with van der Waals surface area (Å²) in [6.45, 7) is 4.70. The highest BCUT2D eigenvalue weighted by Crippen LogP contribution is 2.44. The summed E-state index contributed by atoms with van der Waals surface area (Å²) in [4.78, 5) is 0. The summed E-state index contributed by atoms with van der Waals surface area (Å²) >= 11 is 0. The molecule has 2 N–H and O–H groups in total. The number of aliphatic hydroxyl groups is 2. The molecule has 2 nitrogen and oxygen atoms in total. The van der Waals surface area contributed by atoms with E-state index in [9.17, 15) is 5.11 Å². The van der Waals surface area contributed by atoms with E-state index < -0.39 is 0 Å². The number of rotatable bonds is 2. The third-order valence-electron chi connectivity index (χ3n) is 3.81. The largest absolute Gasteiger partial charge is 0.396 e. The maximum atomic E-state index is 9.31. The van der Waals surface area contributed by atoms with Crippen LogP contribution in [-0.2, 0) is 0 Å². The number of hydrogen-bond acceptors (Lipinski definition) is 2. The summed E-state index contributed by atoms with van der Waals surface area (Å²) in [5, 5.41) is 18.5. The molecule has 0 aromatic rings. The van der Waals surface area contributed by atoms with Gasteiger partial charge in [-0.1, -0.05) is 26.7 Å². The maximum absolute atomic E-state index is 9.31. The second kappa shape index (κ2) is 3.75. The number of hydrogen-bond donors (Lipinski definition) is 2. The van der Waals surface area contributed by atoms with Crippen LogP contribution in [0.3, 0.4) is 0 Å². The predicted octanol–water partition coefficient (Wildman–Crippen LogP) is 1.41. The molecule has 0 unspecified atom stereocenters. The Balaban J connectivity index is 2.72. The first-order valence-electron chi connectivity index (χ1n) is 4.87. The average Bonchev–Trinajstić information content (AvgIpc) is 2.10. The summed E-state index contributed by atoms with van der Waals surface area (Å²) < 4.78 is 0. The standard InChI is InChI=1S/C10H20O2/c1-8-4-3-5-9(6-11)10(8,2)7-12/h8-9,11-12H,3-7H2,1-2H3/t8-,9+,10+/m0/s1. The Kier molecular flexibility index (Phi) is 3.13. The van der Waals surface area contributed by atoms with Crippen molar-refractivity contribution < 1.29 is 10.2 Å². The van der Waals surface area contributed by atoms with E-state index in [1.54, 1.807) is 0 Å². The molecule has 1 saturated carbocycles. The molecular weight excluding hydrogens is 152 g/mol. The first-order chi connectivity index (χ1) is 5.65. The van der Waals surface area contributed by atoms with Gasteiger partial charge in [-0.3, -0.25) is 0 Å². The molecule has 0 aromatic heterocycles. The molecule has 0 radical (unpaired) electrons. The summed E-state index contributed by atoms with van der Waals surface area (Å²) in [5.41, 5.74) is -0.0486. The van der Waals surface area contributed by atoms with Crippen molar-refractivity contribution >= 4 is 0 Å². The Morgan fingerprint density at radius 3 is 2.42 bits per heavy atom. The smallest absolute Gasteiger partial charge is 0.0490 e. The highest BCUT2D eigenvalue weighted by Gasteiger charge is 2.40. The Hall–Kier alpha value is -0.0800. The first-order valence-corrected chi connectivity index (χ1v) is 4.87. The fourth-order valence-corrected chi connectivity index (χ4v) is 2.32. The van der Waals surface area contributed by atoms with E-state index in [0.717, 1.165) is 6.42 Å². The van der Waals surface area contributed by atoms with E-state index in [1.165, 1.54) is 12.8 Å². The van der Waals surface area contributed by atoms with Gasteiger partial charge in [0.1, 0.15) is 0 Å². The quantitative estimate of drug-likeness (QED) is 0.661. The monoisotopic (exact) mass is 172 g/mol. The van der Waals surface area contributed by atoms with Crippen LogP contribution < -0.4 is 0 Å². The highest BCUT2D eigenvalue weighted by atomic mass is 16.3. The molecule has 1 aliphatic carbocycles. The minimum atomic E-state index is -0.0486. The lowest BCUT2D eigenvalue weighted by Crippen LogP contribution is -2.42. The van der Waals surface area contributed by atoms with Crippen molar-refractivity contribution in [2.24, 2.45) is 17.3 Å². The normalized spacial score (nSPS) is 43.0. The Bertz CT molecular complexity index is 147. The zero-order chi connectivity index (χ0) is 9.19. The molecule has 1 fully saturated rings. The van der Waals surface area contributed by atoms with Crippen molar-refractivity contribution in [2.45, 2.75) is 33.1 Å². The molecular formula is C10H20O2. The summed E-state index contributed by atoms with van der Waals surface area (Å²) in [7, 11) is 0. The Morgan fingerprint density at radius 2 is 2.00 bits per heavy atom. The molecule has 0 aliphatic heterocycles. The van der Waals surface area contributed by atoms with Crippen molar-refractivity contribution in [2.75, 3.05) is 13.2 Å². The molecule has 1 aliphatic rings. The van der Waals surface area contributed by atoms with Crippen LogP contribution in [0.5, 0.6) is 0 Å². The van der Waals surface area contributed by atoms with Crippen LogP contribution >= 0.6 is 0 Å². The molecule has 0 saturated heterocycles. The molecule has 72 valence electrons. The third-order valence-corrected chi connectivity index (χ3v) is 3.81. The lowest BCUT2D eigenvalue weighted by molar-refractivity contribution is -0.0307. The highest BCUT2D eigenvalue weighted by molar-refractivity contribution is 4.89. The van der Waals surface area contributed by atoms with Gasteiger partial charge in [0.15, 0.2) is 0 Å². The van der Waals surface area contributed by atoms with Gasteiger partial charge in [-0.25, -0.2) is 0 Å². The SMILES string of the molecule is C[C@H]1CCC[C@H](CO)[C@]1(C)CO. The van der Waals surface area contributed by atoms with Gasteiger partial charge < -0.3 is 10.2 Å². The van der Waals surface area contributed by atoms with Gasteiger partial charge in [0.25, 0.3) is 0 Å². The lowest BCUT2D eigenvalue weighted by Gasteiger charge is -2.44. The van der Waals surface area contributed by atoms with Gasteiger partial charge in [-0.15, -0.1) is 0 Å². The minimum Gasteiger partial charge on any atom is -0.396 e. The second-order valence-electron chi connectivity index (χ2n) is 4.38.